The number of nitrogens with two attached hydrogens (primary N) is 1. The van der Waals surface area contributed by atoms with E-state index in [1.54, 1.807) is 6.20 Å². The number of imidazole rings is 1. The molecule has 1 aliphatic heterocycles. The third kappa shape index (κ3) is 2.42. The molecule has 0 amide bonds. The summed E-state index contributed by atoms with van der Waals surface area (Å²) < 4.78 is 16.7. The van der Waals surface area contributed by atoms with Gasteiger partial charge in [0, 0.05) is 4.90 Å². The number of nitrogens with one attached hydrogen (secondary N) is 1. The summed E-state index contributed by atoms with van der Waals surface area (Å²) >= 11 is 1.39. The number of hydrogen-bond acceptors (Lipinski definition) is 9. The van der Waals surface area contributed by atoms with Crippen LogP contribution in [0.2, 0.25) is 0 Å². The molecule has 5 rings (SSSR count). The Hall–Kier alpha value is -3.27. The molecule has 130 valence electrons. The van der Waals surface area contributed by atoms with E-state index < -0.39 is 0 Å². The molecule has 3 aromatic heterocycles. The van der Waals surface area contributed by atoms with Crippen LogP contribution in [-0.4, -0.2) is 31.7 Å². The smallest absolute Gasteiger partial charge is 0.231 e. The maximum absolute atomic E-state index is 5.87. The van der Waals surface area contributed by atoms with Gasteiger partial charge >= 0.3 is 0 Å². The fourth-order valence-electron chi connectivity index (χ4n) is 2.63. The fraction of sp³-hybridized carbons (Fsp3) is 0.125. The minimum absolute atomic E-state index is 0.185. The third-order valence-electron chi connectivity index (χ3n) is 3.83. The molecule has 26 heavy (non-hydrogen) atoms. The topological polar surface area (TPSA) is 125 Å². The number of ether oxygens (including phenoxy) is 2. The van der Waals surface area contributed by atoms with Gasteiger partial charge in [-0.05, 0) is 19.1 Å². The van der Waals surface area contributed by atoms with E-state index in [-0.39, 0.29) is 6.79 Å². The number of aromatic nitrogens is 5. The van der Waals surface area contributed by atoms with Crippen LogP contribution in [0.25, 0.3) is 22.6 Å². The second-order valence-corrected chi connectivity index (χ2v) is 6.61. The third-order valence-corrected chi connectivity index (χ3v) is 4.77. The molecule has 1 aromatic carbocycles. The number of anilines is 1. The molecule has 9 nitrogen and oxygen atoms in total. The molecule has 0 saturated heterocycles. The van der Waals surface area contributed by atoms with Crippen molar-refractivity contribution in [3.05, 3.63) is 30.4 Å². The lowest BCUT2D eigenvalue weighted by Gasteiger charge is -2.07. The molecular formula is C16H12N6O3S. The lowest BCUT2D eigenvalue weighted by atomic mass is 10.2. The van der Waals surface area contributed by atoms with E-state index in [2.05, 4.69) is 24.9 Å². The summed E-state index contributed by atoms with van der Waals surface area (Å²) in [6.07, 6.45) is 3.06. The molecule has 0 radical (unpaired) electrons. The summed E-state index contributed by atoms with van der Waals surface area (Å²) in [5.41, 5.74) is 7.76. The van der Waals surface area contributed by atoms with Gasteiger partial charge in [-0.1, -0.05) is 11.8 Å². The molecule has 0 fully saturated rings. The standard InChI is InChI=1S/C16H12N6O3S/c1-7-4-18-15(25-7)8-2-9-10(24-6-23-9)3-11(8)26-16-21-12-13(17)19-5-20-14(12)22-16/h2-5H,6H2,1H3,(H3,17,19,20,21,22). The van der Waals surface area contributed by atoms with Gasteiger partial charge in [0.1, 0.15) is 17.6 Å². The number of oxazole rings is 1. The second kappa shape index (κ2) is 5.63. The van der Waals surface area contributed by atoms with Gasteiger partial charge in [0.15, 0.2) is 28.1 Å². The zero-order valence-electron chi connectivity index (χ0n) is 13.5. The number of rotatable bonds is 3. The van der Waals surface area contributed by atoms with E-state index in [0.717, 1.165) is 16.2 Å². The van der Waals surface area contributed by atoms with E-state index in [9.17, 15) is 0 Å². The van der Waals surface area contributed by atoms with Crippen molar-refractivity contribution in [2.24, 2.45) is 0 Å². The van der Waals surface area contributed by atoms with Crippen molar-refractivity contribution in [3.8, 4) is 23.0 Å². The van der Waals surface area contributed by atoms with Crippen LogP contribution in [0.4, 0.5) is 5.82 Å². The Morgan fingerprint density at radius 1 is 1.15 bits per heavy atom. The molecule has 3 N–H and O–H groups in total. The molecule has 0 unspecified atom stereocenters. The fourth-order valence-corrected chi connectivity index (χ4v) is 3.55. The molecular weight excluding hydrogens is 356 g/mol. The maximum atomic E-state index is 5.87. The van der Waals surface area contributed by atoms with E-state index in [1.807, 2.05) is 19.1 Å². The summed E-state index contributed by atoms with van der Waals surface area (Å²) in [5, 5.41) is 0.621. The van der Waals surface area contributed by atoms with Gasteiger partial charge in [-0.25, -0.2) is 19.9 Å². The summed E-state index contributed by atoms with van der Waals surface area (Å²) in [6.45, 7) is 2.03. The molecule has 4 aromatic rings. The normalized spacial score (nSPS) is 12.8. The average molecular weight is 368 g/mol. The van der Waals surface area contributed by atoms with Gasteiger partial charge in [-0.15, -0.1) is 0 Å². The molecule has 1 aliphatic rings. The molecule has 0 saturated carbocycles. The number of nitrogen functional groups attached to an aromatic ring is 1. The van der Waals surface area contributed by atoms with Crippen LogP contribution in [0.1, 0.15) is 5.76 Å². The highest BCUT2D eigenvalue weighted by molar-refractivity contribution is 7.99. The maximum Gasteiger partial charge on any atom is 0.231 e. The highest BCUT2D eigenvalue weighted by atomic mass is 32.2. The molecule has 0 aliphatic carbocycles. The number of H-pyrrole nitrogens is 1. The van der Waals surface area contributed by atoms with Crippen LogP contribution in [0.15, 0.2) is 39.1 Å². The Kier molecular flexibility index (Phi) is 3.25. The van der Waals surface area contributed by atoms with E-state index >= 15 is 0 Å². The van der Waals surface area contributed by atoms with E-state index in [1.165, 1.54) is 18.1 Å². The van der Waals surface area contributed by atoms with Gasteiger partial charge in [-0.2, -0.15) is 0 Å². The predicted molar refractivity (Wildman–Crippen MR) is 93.0 cm³/mol. The lowest BCUT2D eigenvalue weighted by molar-refractivity contribution is 0.174. The van der Waals surface area contributed by atoms with Crippen molar-refractivity contribution < 1.29 is 13.9 Å². The highest BCUT2D eigenvalue weighted by Gasteiger charge is 2.22. The summed E-state index contributed by atoms with van der Waals surface area (Å²) in [4.78, 5) is 20.9. The Morgan fingerprint density at radius 2 is 2.00 bits per heavy atom. The summed E-state index contributed by atoms with van der Waals surface area (Å²) in [5.74, 6) is 2.89. The minimum Gasteiger partial charge on any atom is -0.454 e. The first-order valence-electron chi connectivity index (χ1n) is 7.68. The van der Waals surface area contributed by atoms with Crippen LogP contribution in [0.5, 0.6) is 11.5 Å². The van der Waals surface area contributed by atoms with Crippen molar-refractivity contribution in [1.29, 1.82) is 0 Å². The zero-order chi connectivity index (χ0) is 17.7. The number of benzene rings is 1. The predicted octanol–water partition coefficient (Wildman–Crippen LogP) is 2.78. The van der Waals surface area contributed by atoms with Crippen LogP contribution < -0.4 is 15.2 Å². The van der Waals surface area contributed by atoms with Gasteiger partial charge in [0.25, 0.3) is 0 Å². The average Bonchev–Trinajstić information content (AvgIpc) is 3.33. The molecule has 0 atom stereocenters. The van der Waals surface area contributed by atoms with Crippen LogP contribution >= 0.6 is 11.8 Å². The molecule has 4 heterocycles. The van der Waals surface area contributed by atoms with Crippen molar-refractivity contribution >= 4 is 28.7 Å². The van der Waals surface area contributed by atoms with Crippen LogP contribution in [-0.2, 0) is 0 Å². The van der Waals surface area contributed by atoms with Crippen molar-refractivity contribution in [2.75, 3.05) is 12.5 Å². The zero-order valence-corrected chi connectivity index (χ0v) is 14.3. The molecule has 10 heteroatoms. The van der Waals surface area contributed by atoms with Gasteiger partial charge < -0.3 is 24.6 Å². The molecule has 0 bridgehead atoms. The van der Waals surface area contributed by atoms with Crippen molar-refractivity contribution in [1.82, 2.24) is 24.9 Å². The van der Waals surface area contributed by atoms with Gasteiger partial charge in [-0.3, -0.25) is 0 Å². The monoisotopic (exact) mass is 368 g/mol. The quantitative estimate of drug-likeness (QED) is 0.561. The molecule has 0 spiro atoms. The number of nitrogens with zero attached hydrogens (tertiary/aromatic N) is 4. The highest BCUT2D eigenvalue weighted by Crippen LogP contribution is 2.44. The first kappa shape index (κ1) is 15.0. The van der Waals surface area contributed by atoms with Gasteiger partial charge in [0.05, 0.1) is 11.8 Å². The van der Waals surface area contributed by atoms with Crippen LogP contribution in [0, 0.1) is 6.92 Å². The first-order chi connectivity index (χ1) is 12.7. The van der Waals surface area contributed by atoms with E-state index in [0.29, 0.717) is 39.5 Å². The number of fused-ring (bicyclic) bond motifs is 2. The summed E-state index contributed by atoms with van der Waals surface area (Å²) in [7, 11) is 0. The van der Waals surface area contributed by atoms with Gasteiger partial charge in [0.2, 0.25) is 12.7 Å². The van der Waals surface area contributed by atoms with Crippen molar-refractivity contribution in [2.45, 2.75) is 17.0 Å². The number of aryl methyl sites for hydroxylation is 1. The van der Waals surface area contributed by atoms with E-state index in [4.69, 9.17) is 19.6 Å². The minimum atomic E-state index is 0.185. The van der Waals surface area contributed by atoms with Crippen LogP contribution in [0.3, 0.4) is 0 Å². The Balaban J connectivity index is 1.61. The summed E-state index contributed by atoms with van der Waals surface area (Å²) in [6, 6.07) is 3.73. The second-order valence-electron chi connectivity index (χ2n) is 5.58. The van der Waals surface area contributed by atoms with Crippen molar-refractivity contribution in [3.63, 3.8) is 0 Å². The Labute approximate surface area is 151 Å². The number of hydrogen-bond donors (Lipinski definition) is 2. The SMILES string of the molecule is Cc1cnc(-c2cc3c(cc2Sc2nc4ncnc(N)c4[nH]2)OCO3)o1. The lowest BCUT2D eigenvalue weighted by Crippen LogP contribution is -1.92. The Morgan fingerprint density at radius 3 is 2.77 bits per heavy atom. The largest absolute Gasteiger partial charge is 0.454 e. The Bertz CT molecular complexity index is 1140. The first-order valence-corrected chi connectivity index (χ1v) is 8.49. The number of aromatic amines is 1.